The average Bonchev–Trinajstić information content (AvgIpc) is 2.76. The zero-order chi connectivity index (χ0) is 11.4. The second-order valence-electron chi connectivity index (χ2n) is 5.76. The molecule has 94 valence electrons. The van der Waals surface area contributed by atoms with Crippen molar-refractivity contribution in [2.75, 3.05) is 26.7 Å². The van der Waals surface area contributed by atoms with Gasteiger partial charge in [-0.05, 0) is 51.1 Å². The third kappa shape index (κ3) is 2.98. The molecule has 16 heavy (non-hydrogen) atoms. The summed E-state index contributed by atoms with van der Waals surface area (Å²) in [5.74, 6) is 1.89. The molecule has 1 saturated heterocycles. The molecule has 1 heterocycles. The lowest BCUT2D eigenvalue weighted by Crippen LogP contribution is -2.42. The second-order valence-corrected chi connectivity index (χ2v) is 5.76. The summed E-state index contributed by atoms with van der Waals surface area (Å²) >= 11 is 0. The quantitative estimate of drug-likeness (QED) is 0.789. The fourth-order valence-corrected chi connectivity index (χ4v) is 3.62. The van der Waals surface area contributed by atoms with E-state index in [9.17, 15) is 0 Å². The number of hydrogen-bond donors (Lipinski definition) is 1. The molecule has 2 heteroatoms. The van der Waals surface area contributed by atoms with E-state index >= 15 is 0 Å². The Bertz CT molecular complexity index is 205. The second kappa shape index (κ2) is 6.02. The van der Waals surface area contributed by atoms with Gasteiger partial charge in [-0.15, -0.1) is 0 Å². The topological polar surface area (TPSA) is 15.3 Å². The van der Waals surface area contributed by atoms with Gasteiger partial charge in [0.25, 0.3) is 0 Å². The molecule has 2 rings (SSSR count). The van der Waals surface area contributed by atoms with Crippen molar-refractivity contribution < 1.29 is 0 Å². The third-order valence-electron chi connectivity index (χ3n) is 4.70. The molecule has 1 N–H and O–H groups in total. The average molecular weight is 224 g/mol. The lowest BCUT2D eigenvalue weighted by Gasteiger charge is -2.35. The summed E-state index contributed by atoms with van der Waals surface area (Å²) in [4.78, 5) is 2.73. The van der Waals surface area contributed by atoms with Crippen LogP contribution in [-0.2, 0) is 0 Å². The molecule has 0 spiro atoms. The lowest BCUT2D eigenvalue weighted by atomic mass is 9.94. The molecule has 0 radical (unpaired) electrons. The molecule has 2 nitrogen and oxygen atoms in total. The van der Waals surface area contributed by atoms with Crippen molar-refractivity contribution in [3.63, 3.8) is 0 Å². The standard InChI is InChI=1S/C14H28N2/c1-3-12-6-5-9-16(10-12)11-13-7-4-8-14(13)15-2/h12-15H,3-11H2,1-2H3. The summed E-state index contributed by atoms with van der Waals surface area (Å²) in [6.45, 7) is 6.41. The Hall–Kier alpha value is -0.0800. The molecule has 0 aromatic rings. The van der Waals surface area contributed by atoms with Crippen LogP contribution in [0.25, 0.3) is 0 Å². The summed E-state index contributed by atoms with van der Waals surface area (Å²) in [7, 11) is 2.13. The van der Waals surface area contributed by atoms with Gasteiger partial charge in [-0.2, -0.15) is 0 Å². The summed E-state index contributed by atoms with van der Waals surface area (Å²) in [5, 5.41) is 3.50. The Morgan fingerprint density at radius 2 is 2.06 bits per heavy atom. The summed E-state index contributed by atoms with van der Waals surface area (Å²) < 4.78 is 0. The zero-order valence-corrected chi connectivity index (χ0v) is 11.0. The first kappa shape index (κ1) is 12.4. The largest absolute Gasteiger partial charge is 0.317 e. The predicted octanol–water partition coefficient (Wildman–Crippen LogP) is 2.50. The van der Waals surface area contributed by atoms with Gasteiger partial charge in [0.2, 0.25) is 0 Å². The number of likely N-dealkylation sites (tertiary alicyclic amines) is 1. The minimum absolute atomic E-state index is 0.794. The number of piperidine rings is 1. The first-order valence-electron chi connectivity index (χ1n) is 7.23. The maximum absolute atomic E-state index is 3.50. The normalized spacial score (nSPS) is 36.8. The van der Waals surface area contributed by atoms with E-state index in [0.29, 0.717) is 0 Å². The Balaban J connectivity index is 1.79. The maximum atomic E-state index is 3.50. The zero-order valence-electron chi connectivity index (χ0n) is 11.0. The summed E-state index contributed by atoms with van der Waals surface area (Å²) in [6, 6.07) is 0.794. The van der Waals surface area contributed by atoms with Crippen molar-refractivity contribution in [2.45, 2.75) is 51.5 Å². The van der Waals surface area contributed by atoms with Gasteiger partial charge in [0.05, 0.1) is 0 Å². The van der Waals surface area contributed by atoms with Crippen LogP contribution in [0.5, 0.6) is 0 Å². The van der Waals surface area contributed by atoms with E-state index in [1.54, 1.807) is 0 Å². The first-order valence-corrected chi connectivity index (χ1v) is 7.23. The molecule has 1 saturated carbocycles. The van der Waals surface area contributed by atoms with Gasteiger partial charge in [0.1, 0.15) is 0 Å². The van der Waals surface area contributed by atoms with Crippen LogP contribution in [0.15, 0.2) is 0 Å². The van der Waals surface area contributed by atoms with Gasteiger partial charge in [0.15, 0.2) is 0 Å². The van der Waals surface area contributed by atoms with Gasteiger partial charge in [0, 0.05) is 19.1 Å². The molecule has 2 fully saturated rings. The minimum atomic E-state index is 0.794. The smallest absolute Gasteiger partial charge is 0.0104 e. The Labute approximate surface area is 101 Å². The van der Waals surface area contributed by atoms with Crippen LogP contribution in [0.4, 0.5) is 0 Å². The van der Waals surface area contributed by atoms with Crippen molar-refractivity contribution in [1.82, 2.24) is 10.2 Å². The lowest BCUT2D eigenvalue weighted by molar-refractivity contribution is 0.142. The molecule has 0 aromatic carbocycles. The molecule has 3 unspecified atom stereocenters. The number of hydrogen-bond acceptors (Lipinski definition) is 2. The molecule has 1 aliphatic carbocycles. The Morgan fingerprint density at radius 3 is 2.81 bits per heavy atom. The highest BCUT2D eigenvalue weighted by atomic mass is 15.1. The van der Waals surface area contributed by atoms with Crippen molar-refractivity contribution in [2.24, 2.45) is 11.8 Å². The van der Waals surface area contributed by atoms with E-state index in [2.05, 4.69) is 24.2 Å². The van der Waals surface area contributed by atoms with Crippen LogP contribution in [0.2, 0.25) is 0 Å². The maximum Gasteiger partial charge on any atom is 0.0104 e. The van der Waals surface area contributed by atoms with E-state index in [-0.39, 0.29) is 0 Å². The molecule has 2 aliphatic rings. The van der Waals surface area contributed by atoms with Crippen molar-refractivity contribution in [3.8, 4) is 0 Å². The monoisotopic (exact) mass is 224 g/mol. The Morgan fingerprint density at radius 1 is 1.19 bits per heavy atom. The molecule has 1 aliphatic heterocycles. The van der Waals surface area contributed by atoms with Crippen molar-refractivity contribution in [3.05, 3.63) is 0 Å². The van der Waals surface area contributed by atoms with Gasteiger partial charge in [-0.25, -0.2) is 0 Å². The number of nitrogens with zero attached hydrogens (tertiary/aromatic N) is 1. The Kier molecular flexibility index (Phi) is 4.66. The molecule has 3 atom stereocenters. The van der Waals surface area contributed by atoms with E-state index in [4.69, 9.17) is 0 Å². The van der Waals surface area contributed by atoms with Crippen LogP contribution in [0, 0.1) is 11.8 Å². The highest BCUT2D eigenvalue weighted by Crippen LogP contribution is 2.28. The summed E-state index contributed by atoms with van der Waals surface area (Å²) in [5.41, 5.74) is 0. The van der Waals surface area contributed by atoms with Gasteiger partial charge < -0.3 is 10.2 Å². The number of rotatable bonds is 4. The SMILES string of the molecule is CCC1CCCN(CC2CCCC2NC)C1. The van der Waals surface area contributed by atoms with E-state index in [1.807, 2.05) is 0 Å². The fourth-order valence-electron chi connectivity index (χ4n) is 3.62. The summed E-state index contributed by atoms with van der Waals surface area (Å²) in [6.07, 6.45) is 8.53. The number of nitrogens with one attached hydrogen (secondary N) is 1. The fraction of sp³-hybridized carbons (Fsp3) is 1.00. The van der Waals surface area contributed by atoms with Crippen LogP contribution < -0.4 is 5.32 Å². The van der Waals surface area contributed by atoms with E-state index in [0.717, 1.165) is 17.9 Å². The van der Waals surface area contributed by atoms with Gasteiger partial charge in [-0.3, -0.25) is 0 Å². The van der Waals surface area contributed by atoms with Crippen molar-refractivity contribution >= 4 is 0 Å². The molecule has 0 amide bonds. The minimum Gasteiger partial charge on any atom is -0.317 e. The highest BCUT2D eigenvalue weighted by Gasteiger charge is 2.29. The molecular weight excluding hydrogens is 196 g/mol. The molecular formula is C14H28N2. The van der Waals surface area contributed by atoms with E-state index in [1.165, 1.54) is 58.2 Å². The van der Waals surface area contributed by atoms with Crippen molar-refractivity contribution in [1.29, 1.82) is 0 Å². The van der Waals surface area contributed by atoms with Crippen LogP contribution >= 0.6 is 0 Å². The molecule has 0 bridgehead atoms. The van der Waals surface area contributed by atoms with Crippen LogP contribution in [0.1, 0.15) is 45.4 Å². The van der Waals surface area contributed by atoms with Crippen LogP contribution in [-0.4, -0.2) is 37.6 Å². The van der Waals surface area contributed by atoms with Crippen LogP contribution in [0.3, 0.4) is 0 Å². The first-order chi connectivity index (χ1) is 7.83. The van der Waals surface area contributed by atoms with E-state index < -0.39 is 0 Å². The molecule has 0 aromatic heterocycles. The highest BCUT2D eigenvalue weighted by molar-refractivity contribution is 4.85. The third-order valence-corrected chi connectivity index (χ3v) is 4.70. The predicted molar refractivity (Wildman–Crippen MR) is 69.6 cm³/mol. The van der Waals surface area contributed by atoms with Gasteiger partial charge in [-0.1, -0.05) is 19.8 Å². The van der Waals surface area contributed by atoms with Gasteiger partial charge >= 0.3 is 0 Å².